The molecule has 1 aromatic carbocycles. The van der Waals surface area contributed by atoms with Crippen molar-refractivity contribution in [3.63, 3.8) is 0 Å². The van der Waals surface area contributed by atoms with Crippen molar-refractivity contribution in [2.45, 2.75) is 6.10 Å². The highest BCUT2D eigenvalue weighted by molar-refractivity contribution is 6.30. The Morgan fingerprint density at radius 2 is 2.21 bits per heavy atom. The van der Waals surface area contributed by atoms with E-state index in [1.807, 2.05) is 0 Å². The molecule has 0 heterocycles. The Balaban J connectivity index is 2.62. The molecule has 0 aliphatic carbocycles. The minimum atomic E-state index is -0.699. The van der Waals surface area contributed by atoms with Crippen LogP contribution in [-0.4, -0.2) is 23.6 Å². The number of anilines is 1. The first kappa shape index (κ1) is 11.6. The maximum absolute atomic E-state index is 13.1. The molecule has 1 unspecified atom stereocenters. The van der Waals surface area contributed by atoms with Gasteiger partial charge in [0.1, 0.15) is 5.82 Å². The molecule has 0 aromatic heterocycles. The smallest absolute Gasteiger partial charge is 0.146 e. The van der Waals surface area contributed by atoms with Crippen LogP contribution in [0, 0.1) is 5.82 Å². The molecule has 0 radical (unpaired) electrons. The fourth-order valence-corrected chi connectivity index (χ4v) is 1.20. The third kappa shape index (κ3) is 3.33. The van der Waals surface area contributed by atoms with Crippen LogP contribution in [0.3, 0.4) is 0 Å². The summed E-state index contributed by atoms with van der Waals surface area (Å²) in [5.41, 5.74) is 0.265. The zero-order chi connectivity index (χ0) is 10.6. The van der Waals surface area contributed by atoms with Gasteiger partial charge in [-0.1, -0.05) is 11.6 Å². The standard InChI is InChI=1S/C9H10Cl2FNO/c10-4-7(14)5-13-9-3-6(11)1-2-8(9)12/h1-3,7,13-14H,4-5H2. The van der Waals surface area contributed by atoms with Gasteiger partial charge in [0.05, 0.1) is 17.7 Å². The van der Waals surface area contributed by atoms with Crippen molar-refractivity contribution >= 4 is 28.9 Å². The van der Waals surface area contributed by atoms with Crippen LogP contribution in [-0.2, 0) is 0 Å². The molecular formula is C9H10Cl2FNO. The van der Waals surface area contributed by atoms with E-state index in [4.69, 9.17) is 28.3 Å². The predicted octanol–water partition coefficient (Wildman–Crippen LogP) is 2.49. The van der Waals surface area contributed by atoms with Gasteiger partial charge in [-0.05, 0) is 18.2 Å². The highest BCUT2D eigenvalue weighted by Gasteiger charge is 2.05. The Morgan fingerprint density at radius 3 is 2.86 bits per heavy atom. The van der Waals surface area contributed by atoms with Crippen LogP contribution in [0.4, 0.5) is 10.1 Å². The molecular weight excluding hydrogens is 228 g/mol. The van der Waals surface area contributed by atoms with Gasteiger partial charge in [-0.15, -0.1) is 11.6 Å². The lowest BCUT2D eigenvalue weighted by molar-refractivity contribution is 0.211. The Kier molecular flexibility index (Phi) is 4.45. The van der Waals surface area contributed by atoms with Gasteiger partial charge < -0.3 is 10.4 Å². The molecule has 2 N–H and O–H groups in total. The molecule has 0 spiro atoms. The zero-order valence-corrected chi connectivity index (χ0v) is 8.82. The van der Waals surface area contributed by atoms with Crippen molar-refractivity contribution in [3.05, 3.63) is 29.0 Å². The number of alkyl halides is 1. The summed E-state index contributed by atoms with van der Waals surface area (Å²) in [5.74, 6) is -0.300. The number of aliphatic hydroxyl groups excluding tert-OH is 1. The molecule has 14 heavy (non-hydrogen) atoms. The molecule has 0 aliphatic heterocycles. The number of benzene rings is 1. The van der Waals surface area contributed by atoms with Crippen molar-refractivity contribution in [1.82, 2.24) is 0 Å². The fourth-order valence-electron chi connectivity index (χ4n) is 0.915. The van der Waals surface area contributed by atoms with E-state index in [2.05, 4.69) is 5.32 Å². The molecule has 1 aromatic rings. The Morgan fingerprint density at radius 1 is 1.50 bits per heavy atom. The first-order chi connectivity index (χ1) is 6.63. The molecule has 2 nitrogen and oxygen atoms in total. The number of nitrogens with one attached hydrogen (secondary N) is 1. The van der Waals surface area contributed by atoms with Crippen molar-refractivity contribution in [1.29, 1.82) is 0 Å². The molecule has 78 valence electrons. The molecule has 1 atom stereocenters. The topological polar surface area (TPSA) is 32.3 Å². The van der Waals surface area contributed by atoms with Crippen molar-refractivity contribution in [2.75, 3.05) is 17.7 Å². The average Bonchev–Trinajstić information content (AvgIpc) is 2.19. The molecule has 0 saturated heterocycles. The molecule has 0 saturated carbocycles. The van der Waals surface area contributed by atoms with E-state index in [0.717, 1.165) is 0 Å². The van der Waals surface area contributed by atoms with Crippen LogP contribution in [0.1, 0.15) is 0 Å². The molecule has 5 heteroatoms. The van der Waals surface area contributed by atoms with Crippen LogP contribution in [0.2, 0.25) is 5.02 Å². The van der Waals surface area contributed by atoms with Gasteiger partial charge in [0.2, 0.25) is 0 Å². The second-order valence-electron chi connectivity index (χ2n) is 2.81. The highest BCUT2D eigenvalue weighted by Crippen LogP contribution is 2.19. The van der Waals surface area contributed by atoms with Crippen LogP contribution in [0.25, 0.3) is 0 Å². The van der Waals surface area contributed by atoms with Gasteiger partial charge >= 0.3 is 0 Å². The van der Waals surface area contributed by atoms with Crippen molar-refractivity contribution in [3.8, 4) is 0 Å². The number of hydrogen-bond acceptors (Lipinski definition) is 2. The summed E-state index contributed by atoms with van der Waals surface area (Å²) in [4.78, 5) is 0. The first-order valence-corrected chi connectivity index (χ1v) is 4.97. The number of rotatable bonds is 4. The predicted molar refractivity (Wildman–Crippen MR) is 56.6 cm³/mol. The Bertz CT molecular complexity index is 309. The van der Waals surface area contributed by atoms with Gasteiger partial charge in [0.15, 0.2) is 0 Å². The first-order valence-electron chi connectivity index (χ1n) is 4.06. The highest BCUT2D eigenvalue weighted by atomic mass is 35.5. The van der Waals surface area contributed by atoms with E-state index in [1.54, 1.807) is 0 Å². The molecule has 0 amide bonds. The maximum atomic E-state index is 13.1. The monoisotopic (exact) mass is 237 g/mol. The number of aliphatic hydroxyl groups is 1. The maximum Gasteiger partial charge on any atom is 0.146 e. The minimum Gasteiger partial charge on any atom is -0.390 e. The SMILES string of the molecule is OC(CCl)CNc1cc(Cl)ccc1F. The second-order valence-corrected chi connectivity index (χ2v) is 3.56. The lowest BCUT2D eigenvalue weighted by atomic mass is 10.3. The molecule has 0 bridgehead atoms. The van der Waals surface area contributed by atoms with Crippen LogP contribution >= 0.6 is 23.2 Å². The van der Waals surface area contributed by atoms with Gasteiger partial charge in [0, 0.05) is 11.6 Å². The summed E-state index contributed by atoms with van der Waals surface area (Å²) in [6.07, 6.45) is -0.699. The largest absolute Gasteiger partial charge is 0.390 e. The summed E-state index contributed by atoms with van der Waals surface area (Å²) >= 11 is 11.1. The van der Waals surface area contributed by atoms with E-state index in [9.17, 15) is 4.39 Å². The normalized spacial score (nSPS) is 12.6. The summed E-state index contributed by atoms with van der Waals surface area (Å²) in [6, 6.07) is 4.18. The Hall–Kier alpha value is -0.510. The Labute approximate surface area is 91.6 Å². The zero-order valence-electron chi connectivity index (χ0n) is 7.30. The van der Waals surface area contributed by atoms with E-state index in [0.29, 0.717) is 5.02 Å². The van der Waals surface area contributed by atoms with E-state index in [-0.39, 0.29) is 18.1 Å². The molecule has 0 fully saturated rings. The fraction of sp³-hybridized carbons (Fsp3) is 0.333. The van der Waals surface area contributed by atoms with Gasteiger partial charge in [0.25, 0.3) is 0 Å². The van der Waals surface area contributed by atoms with Crippen LogP contribution < -0.4 is 5.32 Å². The van der Waals surface area contributed by atoms with Crippen LogP contribution in [0.15, 0.2) is 18.2 Å². The van der Waals surface area contributed by atoms with Gasteiger partial charge in [-0.25, -0.2) is 4.39 Å². The second kappa shape index (κ2) is 5.39. The quantitative estimate of drug-likeness (QED) is 0.790. The lowest BCUT2D eigenvalue weighted by Crippen LogP contribution is -2.21. The van der Waals surface area contributed by atoms with E-state index < -0.39 is 11.9 Å². The van der Waals surface area contributed by atoms with Crippen molar-refractivity contribution in [2.24, 2.45) is 0 Å². The van der Waals surface area contributed by atoms with Crippen LogP contribution in [0.5, 0.6) is 0 Å². The number of halogens is 3. The third-order valence-electron chi connectivity index (χ3n) is 1.63. The van der Waals surface area contributed by atoms with Gasteiger partial charge in [-0.2, -0.15) is 0 Å². The summed E-state index contributed by atoms with van der Waals surface area (Å²) < 4.78 is 13.1. The van der Waals surface area contributed by atoms with E-state index in [1.165, 1.54) is 18.2 Å². The summed E-state index contributed by atoms with van der Waals surface area (Å²) in [5, 5.41) is 12.3. The average molecular weight is 238 g/mol. The third-order valence-corrected chi connectivity index (χ3v) is 2.23. The summed E-state index contributed by atoms with van der Waals surface area (Å²) in [7, 11) is 0. The summed E-state index contributed by atoms with van der Waals surface area (Å²) in [6.45, 7) is 0.195. The molecule has 1 rings (SSSR count). The lowest BCUT2D eigenvalue weighted by Gasteiger charge is -2.10. The van der Waals surface area contributed by atoms with E-state index >= 15 is 0 Å². The van der Waals surface area contributed by atoms with Crippen molar-refractivity contribution < 1.29 is 9.50 Å². The minimum absolute atomic E-state index is 0.106. The number of hydrogen-bond donors (Lipinski definition) is 2. The molecule has 0 aliphatic rings. The van der Waals surface area contributed by atoms with Gasteiger partial charge in [-0.3, -0.25) is 0 Å².